The predicted octanol–water partition coefficient (Wildman–Crippen LogP) is 3.85. The Kier molecular flexibility index (Phi) is 6.58. The van der Waals surface area contributed by atoms with Crippen LogP contribution in [-0.4, -0.2) is 39.2 Å². The maximum absolute atomic E-state index is 12.8. The van der Waals surface area contributed by atoms with E-state index in [1.54, 1.807) is 0 Å². The largest absolute Gasteiger partial charge is 0.573 e. The zero-order valence-corrected chi connectivity index (χ0v) is 16.2. The monoisotopic (exact) mass is 437 g/mol. The molecule has 0 aliphatic heterocycles. The van der Waals surface area contributed by atoms with Gasteiger partial charge in [-0.25, -0.2) is 13.2 Å². The number of nitrogens with zero attached hydrogens (tertiary/aromatic N) is 1. The Hall–Kier alpha value is -2.30. The molecular weight excluding hydrogens is 423 g/mol. The molecule has 0 N–H and O–H groups in total. The highest BCUT2D eigenvalue weighted by atomic mass is 35.5. The molecule has 152 valence electrons. The number of hydrogen-bond donors (Lipinski definition) is 0. The third-order valence-electron chi connectivity index (χ3n) is 3.60. The Morgan fingerprint density at radius 2 is 1.75 bits per heavy atom. The number of halogens is 4. The third-order valence-corrected chi connectivity index (χ3v) is 5.89. The molecule has 28 heavy (non-hydrogen) atoms. The second kappa shape index (κ2) is 8.38. The summed E-state index contributed by atoms with van der Waals surface area (Å²) in [5, 5.41) is -0.0894. The summed E-state index contributed by atoms with van der Waals surface area (Å²) >= 11 is 5.98. The first kappa shape index (κ1) is 22.0. The molecule has 2 aromatic carbocycles. The molecule has 2 aromatic rings. The fourth-order valence-corrected chi connectivity index (χ4v) is 3.91. The lowest BCUT2D eigenvalue weighted by atomic mass is 10.2. The van der Waals surface area contributed by atoms with Crippen molar-refractivity contribution in [2.24, 2.45) is 0 Å². The van der Waals surface area contributed by atoms with Gasteiger partial charge in [-0.2, -0.15) is 4.31 Å². The Balaban J connectivity index is 2.24. The van der Waals surface area contributed by atoms with Gasteiger partial charge in [0, 0.05) is 13.6 Å². The number of methoxy groups -OCH3 is 1. The first-order chi connectivity index (χ1) is 12.9. The highest BCUT2D eigenvalue weighted by Crippen LogP contribution is 2.27. The van der Waals surface area contributed by atoms with Crippen molar-refractivity contribution >= 4 is 27.6 Å². The van der Waals surface area contributed by atoms with E-state index >= 15 is 0 Å². The number of carbonyl (C=O) groups excluding carboxylic acids is 1. The maximum atomic E-state index is 12.8. The summed E-state index contributed by atoms with van der Waals surface area (Å²) in [6, 6.07) is 8.45. The SMILES string of the molecule is COC(=O)c1ccc(Cl)c(S(=O)(=O)N(C)Cc2ccc(OC(F)(F)F)cc2)c1. The van der Waals surface area contributed by atoms with Crippen LogP contribution >= 0.6 is 11.6 Å². The molecular formula is C17H15ClF3NO5S. The highest BCUT2D eigenvalue weighted by Gasteiger charge is 2.31. The van der Waals surface area contributed by atoms with Crippen molar-refractivity contribution in [2.45, 2.75) is 17.8 Å². The second-order valence-electron chi connectivity index (χ2n) is 5.59. The van der Waals surface area contributed by atoms with Crippen LogP contribution in [0.15, 0.2) is 47.4 Å². The summed E-state index contributed by atoms with van der Waals surface area (Å²) in [7, 11) is -1.66. The van der Waals surface area contributed by atoms with E-state index in [1.165, 1.54) is 31.3 Å². The summed E-state index contributed by atoms with van der Waals surface area (Å²) in [4.78, 5) is 11.3. The number of rotatable bonds is 6. The Labute approximate surface area is 164 Å². The van der Waals surface area contributed by atoms with Gasteiger partial charge in [0.25, 0.3) is 0 Å². The molecule has 0 unspecified atom stereocenters. The minimum Gasteiger partial charge on any atom is -0.465 e. The van der Waals surface area contributed by atoms with E-state index in [0.29, 0.717) is 5.56 Å². The van der Waals surface area contributed by atoms with E-state index in [9.17, 15) is 26.4 Å². The molecule has 0 saturated heterocycles. The summed E-state index contributed by atoms with van der Waals surface area (Å²) in [6.07, 6.45) is -4.82. The van der Waals surface area contributed by atoms with E-state index < -0.39 is 28.1 Å². The zero-order valence-electron chi connectivity index (χ0n) is 14.7. The number of esters is 1. The van der Waals surface area contributed by atoms with Crippen LogP contribution in [0.3, 0.4) is 0 Å². The van der Waals surface area contributed by atoms with Gasteiger partial charge in [0.2, 0.25) is 10.0 Å². The molecule has 0 aromatic heterocycles. The van der Waals surface area contributed by atoms with E-state index in [4.69, 9.17) is 11.6 Å². The Morgan fingerprint density at radius 3 is 2.29 bits per heavy atom. The zero-order chi connectivity index (χ0) is 21.1. The molecule has 0 saturated carbocycles. The van der Waals surface area contributed by atoms with E-state index in [2.05, 4.69) is 9.47 Å². The van der Waals surface area contributed by atoms with Gasteiger partial charge in [0.05, 0.1) is 17.7 Å². The molecule has 2 rings (SSSR count). The van der Waals surface area contributed by atoms with Crippen molar-refractivity contribution < 1.29 is 35.9 Å². The van der Waals surface area contributed by atoms with Gasteiger partial charge < -0.3 is 9.47 Å². The van der Waals surface area contributed by atoms with Gasteiger partial charge in [-0.1, -0.05) is 23.7 Å². The lowest BCUT2D eigenvalue weighted by Gasteiger charge is -2.19. The van der Waals surface area contributed by atoms with Crippen molar-refractivity contribution in [3.63, 3.8) is 0 Å². The van der Waals surface area contributed by atoms with Crippen LogP contribution < -0.4 is 4.74 Å². The van der Waals surface area contributed by atoms with Gasteiger partial charge in [0.15, 0.2) is 0 Å². The second-order valence-corrected chi connectivity index (χ2v) is 8.01. The molecule has 6 nitrogen and oxygen atoms in total. The van der Waals surface area contributed by atoms with Crippen LogP contribution in [0.25, 0.3) is 0 Å². The first-order valence-corrected chi connectivity index (χ1v) is 9.45. The molecule has 0 atom stereocenters. The van der Waals surface area contributed by atoms with Crippen molar-refractivity contribution in [1.82, 2.24) is 4.31 Å². The molecule has 0 fully saturated rings. The first-order valence-electron chi connectivity index (χ1n) is 7.63. The topological polar surface area (TPSA) is 72.9 Å². The van der Waals surface area contributed by atoms with Crippen molar-refractivity contribution in [1.29, 1.82) is 0 Å². The van der Waals surface area contributed by atoms with Crippen molar-refractivity contribution in [3.8, 4) is 5.75 Å². The van der Waals surface area contributed by atoms with Crippen molar-refractivity contribution in [2.75, 3.05) is 14.2 Å². The average molecular weight is 438 g/mol. The minimum atomic E-state index is -4.82. The maximum Gasteiger partial charge on any atom is 0.573 e. The van der Waals surface area contributed by atoms with Crippen LogP contribution in [0.4, 0.5) is 13.2 Å². The average Bonchev–Trinajstić information content (AvgIpc) is 2.61. The van der Waals surface area contributed by atoms with Crippen LogP contribution in [0.2, 0.25) is 5.02 Å². The normalized spacial score (nSPS) is 12.1. The molecule has 0 bridgehead atoms. The Bertz CT molecular complexity index is 962. The molecule has 0 aliphatic carbocycles. The lowest BCUT2D eigenvalue weighted by molar-refractivity contribution is -0.274. The summed E-state index contributed by atoms with van der Waals surface area (Å²) in [5.41, 5.74) is 0.424. The fraction of sp³-hybridized carbons (Fsp3) is 0.235. The van der Waals surface area contributed by atoms with Gasteiger partial charge >= 0.3 is 12.3 Å². The molecule has 0 spiro atoms. The number of benzene rings is 2. The van der Waals surface area contributed by atoms with E-state index in [-0.39, 0.29) is 22.0 Å². The van der Waals surface area contributed by atoms with E-state index in [0.717, 1.165) is 29.6 Å². The van der Waals surface area contributed by atoms with Crippen LogP contribution in [-0.2, 0) is 21.3 Å². The number of hydrogen-bond acceptors (Lipinski definition) is 5. The Morgan fingerprint density at radius 1 is 1.14 bits per heavy atom. The van der Waals surface area contributed by atoms with Gasteiger partial charge in [-0.15, -0.1) is 13.2 Å². The smallest absolute Gasteiger partial charge is 0.465 e. The number of alkyl halides is 3. The quantitative estimate of drug-likeness (QED) is 0.642. The van der Waals surface area contributed by atoms with Gasteiger partial charge in [-0.05, 0) is 35.9 Å². The summed E-state index contributed by atoms with van der Waals surface area (Å²) in [5.74, 6) is -1.15. The van der Waals surface area contributed by atoms with Crippen LogP contribution in [0.5, 0.6) is 5.75 Å². The lowest BCUT2D eigenvalue weighted by Crippen LogP contribution is -2.27. The van der Waals surface area contributed by atoms with Crippen LogP contribution in [0, 0.1) is 0 Å². The molecule has 11 heteroatoms. The summed E-state index contributed by atoms with van der Waals surface area (Å²) in [6.45, 7) is -0.145. The van der Waals surface area contributed by atoms with Gasteiger partial charge in [0.1, 0.15) is 10.6 Å². The third kappa shape index (κ3) is 5.37. The molecule has 0 aliphatic rings. The van der Waals surface area contributed by atoms with E-state index in [1.807, 2.05) is 0 Å². The van der Waals surface area contributed by atoms with Gasteiger partial charge in [-0.3, -0.25) is 0 Å². The number of ether oxygens (including phenoxy) is 2. The minimum absolute atomic E-state index is 0.00697. The molecule has 0 amide bonds. The standard InChI is InChI=1S/C17H15ClF3NO5S/c1-22(10-11-3-6-13(7-4-11)27-17(19,20)21)28(24,25)15-9-12(16(23)26-2)5-8-14(15)18/h3-9H,10H2,1-2H3. The number of sulfonamides is 1. The number of carbonyl (C=O) groups is 1. The van der Waals surface area contributed by atoms with Crippen molar-refractivity contribution in [3.05, 3.63) is 58.6 Å². The highest BCUT2D eigenvalue weighted by molar-refractivity contribution is 7.89. The van der Waals surface area contributed by atoms with Crippen LogP contribution in [0.1, 0.15) is 15.9 Å². The fourth-order valence-electron chi connectivity index (χ4n) is 2.25. The summed E-state index contributed by atoms with van der Waals surface area (Å²) < 4.78 is 71.4. The molecule has 0 heterocycles. The molecule has 0 radical (unpaired) electrons. The predicted molar refractivity (Wildman–Crippen MR) is 94.6 cm³/mol.